The molecule has 1 aliphatic carbocycles. The van der Waals surface area contributed by atoms with Crippen LogP contribution >= 0.6 is 0 Å². The molecule has 2 fully saturated rings. The molecule has 3 atom stereocenters. The number of non-ortho nitro benzene ring substituents is 1. The maximum atomic E-state index is 11.0. The van der Waals surface area contributed by atoms with Gasteiger partial charge in [0.1, 0.15) is 6.10 Å². The summed E-state index contributed by atoms with van der Waals surface area (Å²) >= 11 is 0. The zero-order chi connectivity index (χ0) is 23.2. The van der Waals surface area contributed by atoms with Crippen molar-refractivity contribution in [1.82, 2.24) is 4.90 Å². The van der Waals surface area contributed by atoms with Crippen molar-refractivity contribution < 1.29 is 23.9 Å². The van der Waals surface area contributed by atoms with E-state index in [0.29, 0.717) is 6.61 Å². The summed E-state index contributed by atoms with van der Waals surface area (Å²) in [5.41, 5.74) is 3.23. The third kappa shape index (κ3) is 3.54. The third-order valence-corrected chi connectivity index (χ3v) is 7.27. The lowest BCUT2D eigenvalue weighted by Crippen LogP contribution is -2.41. The maximum absolute atomic E-state index is 11.0. The minimum Gasteiger partial charge on any atom is -0.493 e. The second-order valence-electron chi connectivity index (χ2n) is 8.93. The molecule has 3 aliphatic rings. The number of benzene rings is 2. The number of hydrogen-bond donors (Lipinski definition) is 0. The van der Waals surface area contributed by atoms with Gasteiger partial charge in [-0.2, -0.15) is 0 Å². The van der Waals surface area contributed by atoms with Gasteiger partial charge in [0, 0.05) is 43.3 Å². The van der Waals surface area contributed by atoms with Crippen LogP contribution in [-0.2, 0) is 14.9 Å². The van der Waals surface area contributed by atoms with Gasteiger partial charge >= 0.3 is 0 Å². The highest BCUT2D eigenvalue weighted by Gasteiger charge is 2.53. The molecular formula is C25H28N2O6. The molecular weight excluding hydrogens is 424 g/mol. The van der Waals surface area contributed by atoms with Crippen molar-refractivity contribution in [3.8, 4) is 11.5 Å². The molecule has 33 heavy (non-hydrogen) atoms. The molecule has 0 aromatic heterocycles. The molecule has 5 rings (SSSR count). The van der Waals surface area contributed by atoms with Gasteiger partial charge in [-0.1, -0.05) is 6.07 Å². The van der Waals surface area contributed by atoms with E-state index in [1.54, 1.807) is 26.4 Å². The van der Waals surface area contributed by atoms with E-state index in [2.05, 4.69) is 30.2 Å². The summed E-state index contributed by atoms with van der Waals surface area (Å²) in [5.74, 6) is 0.654. The van der Waals surface area contributed by atoms with Gasteiger partial charge in [-0.3, -0.25) is 10.1 Å². The number of nitrogens with zero attached hydrogens (tertiary/aromatic N) is 2. The first kappa shape index (κ1) is 21.7. The van der Waals surface area contributed by atoms with E-state index in [0.717, 1.165) is 42.9 Å². The lowest BCUT2D eigenvalue weighted by molar-refractivity contribution is -0.384. The van der Waals surface area contributed by atoms with E-state index in [1.807, 2.05) is 6.07 Å². The molecule has 1 unspecified atom stereocenters. The fourth-order valence-electron chi connectivity index (χ4n) is 5.42. The number of rotatable bonds is 5. The van der Waals surface area contributed by atoms with Crippen molar-refractivity contribution in [1.29, 1.82) is 0 Å². The largest absolute Gasteiger partial charge is 0.493 e. The van der Waals surface area contributed by atoms with Crippen molar-refractivity contribution >= 4 is 5.69 Å². The molecule has 2 saturated heterocycles. The SMILES string of the molecule is COc1ccc([C@]23CCN(C)C2=CC2(CC3)OC[C@@H](c3ccc([N+](=O)[O-])cc3)O2)cc1OC. The Balaban J connectivity index is 1.45. The van der Waals surface area contributed by atoms with Gasteiger partial charge in [0.25, 0.3) is 5.69 Å². The molecule has 0 saturated carbocycles. The summed E-state index contributed by atoms with van der Waals surface area (Å²) in [6.45, 7) is 1.36. The first-order valence-corrected chi connectivity index (χ1v) is 11.1. The summed E-state index contributed by atoms with van der Waals surface area (Å²) in [4.78, 5) is 12.8. The predicted octanol–water partition coefficient (Wildman–Crippen LogP) is 4.35. The summed E-state index contributed by atoms with van der Waals surface area (Å²) in [7, 11) is 5.41. The van der Waals surface area contributed by atoms with Crippen molar-refractivity contribution in [2.45, 2.75) is 36.6 Å². The Hall–Kier alpha value is -3.10. The molecule has 8 nitrogen and oxygen atoms in total. The highest BCUT2D eigenvalue weighted by Crippen LogP contribution is 2.54. The first-order chi connectivity index (χ1) is 15.9. The number of fused-ring (bicyclic) bond motifs is 1. The number of allylic oxidation sites excluding steroid dienone is 1. The standard InChI is InChI=1S/C25H28N2O6/c1-26-13-12-24(18-6-9-20(30-2)21(14-18)31-3)10-11-25(15-23(24)26)32-16-22(33-25)17-4-7-19(8-5-17)27(28)29/h4-9,14-15,22H,10-13,16H2,1-3H3/t22-,24-,25?/m0/s1. The van der Waals surface area contributed by atoms with E-state index < -0.39 is 10.7 Å². The number of likely N-dealkylation sites (tertiary alicyclic amines) is 1. The van der Waals surface area contributed by atoms with Crippen molar-refractivity contribution in [3.63, 3.8) is 0 Å². The lowest BCUT2D eigenvalue weighted by Gasteiger charge is -2.41. The molecule has 0 radical (unpaired) electrons. The highest BCUT2D eigenvalue weighted by molar-refractivity contribution is 5.50. The summed E-state index contributed by atoms with van der Waals surface area (Å²) < 4.78 is 23.7. The smallest absolute Gasteiger partial charge is 0.269 e. The number of nitro groups is 1. The van der Waals surface area contributed by atoms with Crippen LogP contribution < -0.4 is 9.47 Å². The lowest BCUT2D eigenvalue weighted by atomic mass is 9.69. The number of nitro benzene ring substituents is 1. The van der Waals surface area contributed by atoms with Crippen molar-refractivity contribution in [2.24, 2.45) is 0 Å². The molecule has 2 aromatic carbocycles. The Morgan fingerprint density at radius 2 is 1.82 bits per heavy atom. The Morgan fingerprint density at radius 1 is 1.06 bits per heavy atom. The molecule has 0 N–H and O–H groups in total. The normalized spacial score (nSPS) is 28.5. The fourth-order valence-corrected chi connectivity index (χ4v) is 5.42. The summed E-state index contributed by atoms with van der Waals surface area (Å²) in [6.07, 6.45) is 4.49. The van der Waals surface area contributed by atoms with Crippen molar-refractivity contribution in [2.75, 3.05) is 34.4 Å². The van der Waals surface area contributed by atoms with E-state index in [-0.39, 0.29) is 17.2 Å². The summed E-state index contributed by atoms with van der Waals surface area (Å²) in [6, 6.07) is 12.7. The zero-order valence-corrected chi connectivity index (χ0v) is 19.1. The molecule has 2 aliphatic heterocycles. The van der Waals surface area contributed by atoms with Gasteiger partial charge in [0.05, 0.1) is 25.7 Å². The van der Waals surface area contributed by atoms with Gasteiger partial charge < -0.3 is 23.8 Å². The number of ether oxygens (including phenoxy) is 4. The Labute approximate surface area is 192 Å². The van der Waals surface area contributed by atoms with Crippen LogP contribution in [-0.4, -0.2) is 50.0 Å². The number of hydrogen-bond acceptors (Lipinski definition) is 7. The monoisotopic (exact) mass is 452 g/mol. The Kier molecular flexibility index (Phi) is 5.29. The average molecular weight is 453 g/mol. The van der Waals surface area contributed by atoms with Crippen LogP contribution in [0.3, 0.4) is 0 Å². The highest BCUT2D eigenvalue weighted by atomic mass is 16.7. The van der Waals surface area contributed by atoms with Crippen LogP contribution in [0, 0.1) is 10.1 Å². The van der Waals surface area contributed by atoms with Crippen LogP contribution in [0.25, 0.3) is 0 Å². The van der Waals surface area contributed by atoms with Crippen LogP contribution in [0.15, 0.2) is 54.2 Å². The Bertz CT molecular complexity index is 1100. The first-order valence-electron chi connectivity index (χ1n) is 11.1. The second-order valence-corrected chi connectivity index (χ2v) is 8.93. The predicted molar refractivity (Wildman–Crippen MR) is 121 cm³/mol. The maximum Gasteiger partial charge on any atom is 0.269 e. The number of likely N-dealkylation sites (N-methyl/N-ethyl adjacent to an activating group) is 1. The summed E-state index contributed by atoms with van der Waals surface area (Å²) in [5, 5.41) is 11.0. The third-order valence-electron chi connectivity index (χ3n) is 7.27. The molecule has 8 heteroatoms. The Morgan fingerprint density at radius 3 is 2.52 bits per heavy atom. The molecule has 174 valence electrons. The van der Waals surface area contributed by atoms with Crippen LogP contribution in [0.5, 0.6) is 11.5 Å². The minimum absolute atomic E-state index is 0.0689. The molecule has 0 amide bonds. The van der Waals surface area contributed by atoms with E-state index in [4.69, 9.17) is 18.9 Å². The molecule has 1 spiro atoms. The van der Waals surface area contributed by atoms with Gasteiger partial charge in [-0.15, -0.1) is 0 Å². The topological polar surface area (TPSA) is 83.3 Å². The number of methoxy groups -OCH3 is 2. The van der Waals surface area contributed by atoms with E-state index >= 15 is 0 Å². The van der Waals surface area contributed by atoms with Crippen LogP contribution in [0.4, 0.5) is 5.69 Å². The molecule has 2 heterocycles. The van der Waals surface area contributed by atoms with E-state index in [9.17, 15) is 10.1 Å². The van der Waals surface area contributed by atoms with Gasteiger partial charge in [0.15, 0.2) is 17.3 Å². The second kappa shape index (κ2) is 8.04. The van der Waals surface area contributed by atoms with Crippen molar-refractivity contribution in [3.05, 3.63) is 75.5 Å². The van der Waals surface area contributed by atoms with Gasteiger partial charge in [-0.25, -0.2) is 0 Å². The average Bonchev–Trinajstić information content (AvgIpc) is 3.41. The van der Waals surface area contributed by atoms with Gasteiger partial charge in [-0.05, 0) is 54.3 Å². The van der Waals surface area contributed by atoms with E-state index in [1.165, 1.54) is 23.4 Å². The molecule has 2 aromatic rings. The van der Waals surface area contributed by atoms with Gasteiger partial charge in [0.2, 0.25) is 0 Å². The van der Waals surface area contributed by atoms with Crippen LogP contribution in [0.1, 0.15) is 36.5 Å². The van der Waals surface area contributed by atoms with Crippen LogP contribution in [0.2, 0.25) is 0 Å². The quantitative estimate of drug-likeness (QED) is 0.493. The minimum atomic E-state index is -0.791. The molecule has 0 bridgehead atoms. The fraction of sp³-hybridized carbons (Fsp3) is 0.440. The zero-order valence-electron chi connectivity index (χ0n) is 19.1.